The molecule has 266 valence electrons. The molecule has 0 aliphatic heterocycles. The maximum atomic E-state index is 6.71. The van der Waals surface area contributed by atoms with Crippen LogP contribution >= 0.6 is 0 Å². The van der Waals surface area contributed by atoms with Gasteiger partial charge in [-0.1, -0.05) is 127 Å². The lowest BCUT2D eigenvalue weighted by atomic mass is 10.0. The number of benzene rings is 8. The number of nitrogens with zero attached hydrogens (tertiary/aromatic N) is 4. The van der Waals surface area contributed by atoms with Gasteiger partial charge < -0.3 is 13.4 Å². The summed E-state index contributed by atoms with van der Waals surface area (Å²) in [4.78, 5) is 15.3. The molecule has 0 N–H and O–H groups in total. The highest BCUT2D eigenvalue weighted by molar-refractivity contribution is 6.20. The maximum absolute atomic E-state index is 6.71. The Morgan fingerprint density at radius 1 is 0.333 bits per heavy atom. The second-order valence-corrected chi connectivity index (χ2v) is 14.4. The Labute approximate surface area is 325 Å². The first-order valence-electron chi connectivity index (χ1n) is 19.0. The van der Waals surface area contributed by atoms with Gasteiger partial charge in [-0.3, -0.25) is 0 Å². The fourth-order valence-electron chi connectivity index (χ4n) is 8.41. The summed E-state index contributed by atoms with van der Waals surface area (Å²) < 4.78 is 15.3. The SMILES string of the molecule is c1ccc(-c2cccc(-n3c4ccccc4c4cc5c(cc43)oc3cccc(-c4nc(-c6ccccc6)nc(-c6ccc7c(c6)oc6ccccc67)n4)c35)c2)cc1. The molecule has 6 heteroatoms. The van der Waals surface area contributed by atoms with Gasteiger partial charge >= 0.3 is 0 Å². The first kappa shape index (κ1) is 31.5. The van der Waals surface area contributed by atoms with Crippen LogP contribution in [0.2, 0.25) is 0 Å². The van der Waals surface area contributed by atoms with E-state index in [-0.39, 0.29) is 0 Å². The summed E-state index contributed by atoms with van der Waals surface area (Å²) in [6.45, 7) is 0. The van der Waals surface area contributed by atoms with Crippen molar-refractivity contribution in [3.63, 3.8) is 0 Å². The topological polar surface area (TPSA) is 69.9 Å². The Bertz CT molecular complexity index is 3530. The molecule has 0 saturated heterocycles. The van der Waals surface area contributed by atoms with E-state index in [0.29, 0.717) is 17.5 Å². The Hall–Kier alpha value is -7.83. The van der Waals surface area contributed by atoms with Gasteiger partial charge in [0.15, 0.2) is 17.5 Å². The number of fused-ring (bicyclic) bond motifs is 9. The first-order chi connectivity index (χ1) is 28.2. The maximum Gasteiger partial charge on any atom is 0.164 e. The predicted octanol–water partition coefficient (Wildman–Crippen LogP) is 13.4. The van der Waals surface area contributed by atoms with Gasteiger partial charge in [0.1, 0.15) is 22.3 Å². The molecular formula is C51H30N4O2. The smallest absolute Gasteiger partial charge is 0.164 e. The molecule has 0 atom stereocenters. The van der Waals surface area contributed by atoms with E-state index in [1.54, 1.807) is 0 Å². The molecule has 57 heavy (non-hydrogen) atoms. The zero-order valence-electron chi connectivity index (χ0n) is 30.4. The van der Waals surface area contributed by atoms with Crippen LogP contribution in [0.3, 0.4) is 0 Å². The lowest BCUT2D eigenvalue weighted by Crippen LogP contribution is -2.00. The summed E-state index contributed by atoms with van der Waals surface area (Å²) in [5, 5.41) is 6.40. The summed E-state index contributed by atoms with van der Waals surface area (Å²) >= 11 is 0. The number of hydrogen-bond donors (Lipinski definition) is 0. The summed E-state index contributed by atoms with van der Waals surface area (Å²) in [6.07, 6.45) is 0. The van der Waals surface area contributed by atoms with E-state index in [0.717, 1.165) is 88.2 Å². The second kappa shape index (κ2) is 12.3. The zero-order valence-corrected chi connectivity index (χ0v) is 30.4. The van der Waals surface area contributed by atoms with Crippen LogP contribution in [-0.2, 0) is 0 Å². The van der Waals surface area contributed by atoms with Crippen LogP contribution in [0, 0.1) is 0 Å². The van der Waals surface area contributed by atoms with Gasteiger partial charge in [-0.25, -0.2) is 15.0 Å². The zero-order chi connectivity index (χ0) is 37.5. The first-order valence-corrected chi connectivity index (χ1v) is 19.0. The fourth-order valence-corrected chi connectivity index (χ4v) is 8.41. The highest BCUT2D eigenvalue weighted by Crippen LogP contribution is 2.42. The van der Waals surface area contributed by atoms with Gasteiger partial charge in [0, 0.05) is 60.8 Å². The molecule has 4 aromatic heterocycles. The molecule has 6 nitrogen and oxygen atoms in total. The van der Waals surface area contributed by atoms with E-state index in [2.05, 4.69) is 120 Å². The van der Waals surface area contributed by atoms with Gasteiger partial charge in [-0.15, -0.1) is 0 Å². The van der Waals surface area contributed by atoms with Crippen molar-refractivity contribution in [1.82, 2.24) is 19.5 Å². The average Bonchev–Trinajstić information content (AvgIpc) is 3.95. The fraction of sp³-hybridized carbons (Fsp3) is 0. The molecule has 0 fully saturated rings. The minimum atomic E-state index is 0.564. The Kier molecular flexibility index (Phi) is 6.83. The van der Waals surface area contributed by atoms with Crippen LogP contribution in [-0.4, -0.2) is 19.5 Å². The number of aromatic nitrogens is 4. The van der Waals surface area contributed by atoms with Crippen molar-refractivity contribution >= 4 is 65.7 Å². The number of para-hydroxylation sites is 2. The number of furan rings is 2. The standard InChI is InChI=1S/C51H30N4O2/c1-3-13-31(14-4-1)33-17-11-18-35(27-33)55-42-22-9-7-19-36(42)40-29-41-47(30-43(40)55)57-45-24-12-21-39(48(41)45)51-53-49(32-15-5-2-6-16-32)52-50(54-51)34-25-26-38-37-20-8-10-23-44(37)56-46(38)28-34/h1-30H. The highest BCUT2D eigenvalue weighted by atomic mass is 16.3. The van der Waals surface area contributed by atoms with Crippen LogP contribution < -0.4 is 0 Å². The van der Waals surface area contributed by atoms with Crippen molar-refractivity contribution in [2.45, 2.75) is 0 Å². The summed E-state index contributed by atoms with van der Waals surface area (Å²) in [5.74, 6) is 1.72. The van der Waals surface area contributed by atoms with Crippen LogP contribution in [0.25, 0.3) is 117 Å². The molecule has 12 rings (SSSR count). The highest BCUT2D eigenvalue weighted by Gasteiger charge is 2.21. The minimum Gasteiger partial charge on any atom is -0.456 e. The third-order valence-electron chi connectivity index (χ3n) is 11.0. The van der Waals surface area contributed by atoms with Gasteiger partial charge in [-0.2, -0.15) is 0 Å². The van der Waals surface area contributed by atoms with Gasteiger partial charge in [0.05, 0.1) is 11.0 Å². The van der Waals surface area contributed by atoms with E-state index in [4.69, 9.17) is 23.8 Å². The minimum absolute atomic E-state index is 0.564. The monoisotopic (exact) mass is 730 g/mol. The Morgan fingerprint density at radius 2 is 0.965 bits per heavy atom. The summed E-state index contributed by atoms with van der Waals surface area (Å²) in [6, 6.07) is 62.8. The van der Waals surface area contributed by atoms with E-state index in [1.165, 1.54) is 10.9 Å². The molecule has 0 aliphatic rings. The van der Waals surface area contributed by atoms with Crippen molar-refractivity contribution in [2.24, 2.45) is 0 Å². The molecule has 0 amide bonds. The molecule has 12 aromatic rings. The van der Waals surface area contributed by atoms with Crippen molar-refractivity contribution in [1.29, 1.82) is 0 Å². The van der Waals surface area contributed by atoms with E-state index >= 15 is 0 Å². The normalized spacial score (nSPS) is 11.9. The van der Waals surface area contributed by atoms with Gasteiger partial charge in [0.25, 0.3) is 0 Å². The Morgan fingerprint density at radius 3 is 1.82 bits per heavy atom. The third-order valence-corrected chi connectivity index (χ3v) is 11.0. The van der Waals surface area contributed by atoms with E-state index in [9.17, 15) is 0 Å². The molecule has 0 unspecified atom stereocenters. The molecular weight excluding hydrogens is 701 g/mol. The van der Waals surface area contributed by atoms with Crippen LogP contribution in [0.4, 0.5) is 0 Å². The van der Waals surface area contributed by atoms with Gasteiger partial charge in [-0.05, 0) is 59.7 Å². The average molecular weight is 731 g/mol. The molecule has 4 heterocycles. The van der Waals surface area contributed by atoms with Crippen molar-refractivity contribution in [3.05, 3.63) is 182 Å². The van der Waals surface area contributed by atoms with Crippen LogP contribution in [0.5, 0.6) is 0 Å². The number of rotatable bonds is 5. The molecule has 0 radical (unpaired) electrons. The molecule has 0 spiro atoms. The van der Waals surface area contributed by atoms with Crippen LogP contribution in [0.1, 0.15) is 0 Å². The molecule has 0 saturated carbocycles. The third kappa shape index (κ3) is 5.01. The Balaban J connectivity index is 1.07. The van der Waals surface area contributed by atoms with Crippen molar-refractivity contribution in [2.75, 3.05) is 0 Å². The van der Waals surface area contributed by atoms with E-state index in [1.807, 2.05) is 66.7 Å². The summed E-state index contributed by atoms with van der Waals surface area (Å²) in [5.41, 5.74) is 11.5. The lowest BCUT2D eigenvalue weighted by molar-refractivity contribution is 0.669. The summed E-state index contributed by atoms with van der Waals surface area (Å²) in [7, 11) is 0. The molecule has 0 bridgehead atoms. The molecule has 0 aliphatic carbocycles. The van der Waals surface area contributed by atoms with Crippen molar-refractivity contribution in [3.8, 4) is 51.0 Å². The quantitative estimate of drug-likeness (QED) is 0.176. The van der Waals surface area contributed by atoms with Crippen molar-refractivity contribution < 1.29 is 8.83 Å². The van der Waals surface area contributed by atoms with Gasteiger partial charge in [0.2, 0.25) is 0 Å². The van der Waals surface area contributed by atoms with Crippen LogP contribution in [0.15, 0.2) is 191 Å². The predicted molar refractivity (Wildman–Crippen MR) is 230 cm³/mol. The van der Waals surface area contributed by atoms with E-state index < -0.39 is 0 Å². The second-order valence-electron chi connectivity index (χ2n) is 14.4. The largest absolute Gasteiger partial charge is 0.456 e. The number of hydrogen-bond acceptors (Lipinski definition) is 5. The lowest BCUT2D eigenvalue weighted by Gasteiger charge is -2.10. The molecule has 8 aromatic carbocycles.